The van der Waals surface area contributed by atoms with Crippen molar-refractivity contribution in [3.8, 4) is 11.5 Å². The number of hydrogen-bond acceptors (Lipinski definition) is 4. The molecule has 0 aliphatic rings. The highest BCUT2D eigenvalue weighted by atomic mass is 16.5. The lowest BCUT2D eigenvalue weighted by atomic mass is 9.97. The van der Waals surface area contributed by atoms with Crippen LogP contribution in [0.3, 0.4) is 0 Å². The third-order valence-electron chi connectivity index (χ3n) is 3.78. The summed E-state index contributed by atoms with van der Waals surface area (Å²) in [5, 5.41) is 10.7. The molecule has 0 unspecified atom stereocenters. The van der Waals surface area contributed by atoms with Crippen LogP contribution in [0.4, 0.5) is 0 Å². The average Bonchev–Trinajstić information content (AvgIpc) is 3.11. The minimum atomic E-state index is -0.593. The van der Waals surface area contributed by atoms with Gasteiger partial charge in [-0.2, -0.15) is 0 Å². The van der Waals surface area contributed by atoms with Crippen LogP contribution in [0.5, 0.6) is 11.5 Å². The van der Waals surface area contributed by atoms with E-state index in [4.69, 9.17) is 9.47 Å². The van der Waals surface area contributed by atoms with Gasteiger partial charge in [-0.05, 0) is 50.1 Å². The molecule has 2 N–H and O–H groups in total. The maximum absolute atomic E-state index is 12.2. The van der Waals surface area contributed by atoms with Crippen molar-refractivity contribution in [2.24, 2.45) is 0 Å². The molecule has 5 heteroatoms. The van der Waals surface area contributed by atoms with Crippen LogP contribution in [-0.4, -0.2) is 30.3 Å². The van der Waals surface area contributed by atoms with E-state index in [2.05, 4.69) is 4.98 Å². The summed E-state index contributed by atoms with van der Waals surface area (Å²) in [7, 11) is 2.83. The second kappa shape index (κ2) is 8.24. The second-order valence-corrected chi connectivity index (χ2v) is 5.81. The largest absolute Gasteiger partial charge is 0.507 e. The maximum atomic E-state index is 12.2. The van der Waals surface area contributed by atoms with Crippen molar-refractivity contribution in [2.75, 3.05) is 14.2 Å². The van der Waals surface area contributed by atoms with E-state index in [0.29, 0.717) is 23.3 Å². The first-order valence-corrected chi connectivity index (χ1v) is 7.94. The van der Waals surface area contributed by atoms with Gasteiger partial charge in [0.15, 0.2) is 0 Å². The molecule has 0 radical (unpaired) electrons. The molecule has 2 aromatic rings. The minimum absolute atomic E-state index is 0.116. The fraction of sp³-hybridized carbons (Fsp3) is 0.250. The number of hydrogen-bond donors (Lipinski definition) is 2. The molecule has 0 bridgehead atoms. The molecule has 0 saturated carbocycles. The van der Waals surface area contributed by atoms with Gasteiger partial charge in [-0.1, -0.05) is 17.7 Å². The predicted octanol–water partition coefficient (Wildman–Crippen LogP) is 4.19. The van der Waals surface area contributed by atoms with Crippen LogP contribution in [0.15, 0.2) is 36.0 Å². The minimum Gasteiger partial charge on any atom is -0.507 e. The van der Waals surface area contributed by atoms with Crippen LogP contribution in [0.1, 0.15) is 41.0 Å². The smallest absolute Gasteiger partial charge is 0.342 e. The van der Waals surface area contributed by atoms with Crippen LogP contribution in [0, 0.1) is 0 Å². The SMILES string of the molecule is COC(=O)c1c(/C=C/c2ccc[nH]2)cc(OC)c(CC=C(C)C)c1O. The van der Waals surface area contributed by atoms with Gasteiger partial charge in [0.2, 0.25) is 0 Å². The zero-order valence-electron chi connectivity index (χ0n) is 14.9. The van der Waals surface area contributed by atoms with Gasteiger partial charge < -0.3 is 19.6 Å². The van der Waals surface area contributed by atoms with E-state index < -0.39 is 5.97 Å². The number of rotatable bonds is 6. The molecular formula is C20H23NO4. The van der Waals surface area contributed by atoms with Gasteiger partial charge in [0, 0.05) is 17.5 Å². The van der Waals surface area contributed by atoms with E-state index in [1.807, 2.05) is 44.3 Å². The number of aromatic amines is 1. The Hall–Kier alpha value is -2.95. The Balaban J connectivity index is 2.59. The van der Waals surface area contributed by atoms with Gasteiger partial charge in [-0.3, -0.25) is 0 Å². The van der Waals surface area contributed by atoms with Crippen molar-refractivity contribution in [3.63, 3.8) is 0 Å². The number of H-pyrrole nitrogens is 1. The first-order valence-electron chi connectivity index (χ1n) is 7.94. The zero-order valence-corrected chi connectivity index (χ0v) is 14.9. The average molecular weight is 341 g/mol. The monoisotopic (exact) mass is 341 g/mol. The van der Waals surface area contributed by atoms with E-state index in [1.165, 1.54) is 14.2 Å². The highest BCUT2D eigenvalue weighted by Gasteiger charge is 2.22. The topological polar surface area (TPSA) is 71.6 Å². The van der Waals surface area contributed by atoms with Crippen LogP contribution in [0.2, 0.25) is 0 Å². The lowest BCUT2D eigenvalue weighted by Gasteiger charge is -2.15. The molecule has 132 valence electrons. The Bertz CT molecular complexity index is 798. The molecule has 1 aromatic carbocycles. The Morgan fingerprint density at radius 3 is 2.60 bits per heavy atom. The molecule has 0 aliphatic carbocycles. The first-order chi connectivity index (χ1) is 12.0. The Kier molecular flexibility index (Phi) is 6.06. The van der Waals surface area contributed by atoms with E-state index in [1.54, 1.807) is 12.1 Å². The molecule has 0 amide bonds. The zero-order chi connectivity index (χ0) is 18.4. The second-order valence-electron chi connectivity index (χ2n) is 5.81. The van der Waals surface area contributed by atoms with Crippen LogP contribution < -0.4 is 4.74 Å². The van der Waals surface area contributed by atoms with Crippen molar-refractivity contribution in [2.45, 2.75) is 20.3 Å². The number of aromatic hydroxyl groups is 1. The molecule has 0 fully saturated rings. The Morgan fingerprint density at radius 2 is 2.04 bits per heavy atom. The number of ether oxygens (including phenoxy) is 2. The fourth-order valence-corrected chi connectivity index (χ4v) is 2.47. The number of benzene rings is 1. The van der Waals surface area contributed by atoms with Crippen molar-refractivity contribution in [1.82, 2.24) is 4.98 Å². The van der Waals surface area contributed by atoms with Crippen LogP contribution >= 0.6 is 0 Å². The number of allylic oxidation sites excluding steroid dienone is 2. The summed E-state index contributed by atoms with van der Waals surface area (Å²) in [6.45, 7) is 3.94. The highest BCUT2D eigenvalue weighted by molar-refractivity contribution is 5.98. The Labute approximate surface area is 147 Å². The molecule has 0 aliphatic heterocycles. The lowest BCUT2D eigenvalue weighted by Crippen LogP contribution is -2.07. The van der Waals surface area contributed by atoms with E-state index >= 15 is 0 Å². The summed E-state index contributed by atoms with van der Waals surface area (Å²) in [5.41, 5.74) is 3.20. The molecule has 2 rings (SSSR count). The van der Waals surface area contributed by atoms with E-state index in [9.17, 15) is 9.90 Å². The third-order valence-corrected chi connectivity index (χ3v) is 3.78. The van der Waals surface area contributed by atoms with Crippen molar-refractivity contribution in [3.05, 3.63) is 58.4 Å². The van der Waals surface area contributed by atoms with E-state index in [0.717, 1.165) is 11.3 Å². The summed E-state index contributed by atoms with van der Waals surface area (Å²) < 4.78 is 10.3. The molecule has 0 saturated heterocycles. The summed E-state index contributed by atoms with van der Waals surface area (Å²) in [6.07, 6.45) is 7.79. The van der Waals surface area contributed by atoms with Gasteiger partial charge in [-0.25, -0.2) is 4.79 Å². The lowest BCUT2D eigenvalue weighted by molar-refractivity contribution is 0.0597. The first kappa shape index (κ1) is 18.4. The molecule has 0 atom stereocenters. The summed E-state index contributed by atoms with van der Waals surface area (Å²) in [6, 6.07) is 5.51. The highest BCUT2D eigenvalue weighted by Crippen LogP contribution is 2.36. The summed E-state index contributed by atoms with van der Waals surface area (Å²) in [4.78, 5) is 15.3. The standard InChI is InChI=1S/C20H23NO4/c1-13(2)7-10-16-17(24-3)12-14(8-9-15-6-5-11-21-15)18(19(16)22)20(23)25-4/h5-9,11-12,21-22H,10H2,1-4H3/b9-8+. The van der Waals surface area contributed by atoms with Gasteiger partial charge in [-0.15, -0.1) is 0 Å². The van der Waals surface area contributed by atoms with Crippen molar-refractivity contribution < 1.29 is 19.4 Å². The number of aromatic nitrogens is 1. The predicted molar refractivity (Wildman–Crippen MR) is 98.9 cm³/mol. The van der Waals surface area contributed by atoms with Gasteiger partial charge in [0.05, 0.1) is 14.2 Å². The number of carbonyl (C=O) groups excluding carboxylic acids is 1. The molecular weight excluding hydrogens is 318 g/mol. The quantitative estimate of drug-likeness (QED) is 0.610. The number of phenolic OH excluding ortho intramolecular Hbond substituents is 1. The summed E-state index contributed by atoms with van der Waals surface area (Å²) >= 11 is 0. The molecule has 5 nitrogen and oxygen atoms in total. The van der Waals surface area contributed by atoms with Gasteiger partial charge in [0.25, 0.3) is 0 Å². The van der Waals surface area contributed by atoms with Crippen molar-refractivity contribution in [1.29, 1.82) is 0 Å². The van der Waals surface area contributed by atoms with Gasteiger partial charge >= 0.3 is 5.97 Å². The molecule has 1 aromatic heterocycles. The van der Waals surface area contributed by atoms with Crippen LogP contribution in [0.25, 0.3) is 12.2 Å². The number of carbonyl (C=O) groups is 1. The number of phenols is 1. The van der Waals surface area contributed by atoms with Crippen molar-refractivity contribution >= 4 is 18.1 Å². The maximum Gasteiger partial charge on any atom is 0.342 e. The van der Waals surface area contributed by atoms with Gasteiger partial charge in [0.1, 0.15) is 17.1 Å². The van der Waals surface area contributed by atoms with E-state index in [-0.39, 0.29) is 11.3 Å². The Morgan fingerprint density at radius 1 is 1.28 bits per heavy atom. The molecule has 1 heterocycles. The fourth-order valence-electron chi connectivity index (χ4n) is 2.47. The third kappa shape index (κ3) is 4.32. The normalized spacial score (nSPS) is 10.7. The number of esters is 1. The molecule has 0 spiro atoms. The van der Waals surface area contributed by atoms with Crippen LogP contribution in [-0.2, 0) is 11.2 Å². The number of nitrogens with one attached hydrogen (secondary N) is 1. The summed E-state index contributed by atoms with van der Waals surface area (Å²) in [5.74, 6) is -0.187. The molecule has 25 heavy (non-hydrogen) atoms. The number of methoxy groups -OCH3 is 2.